The van der Waals surface area contributed by atoms with Gasteiger partial charge in [0.15, 0.2) is 11.5 Å². The van der Waals surface area contributed by atoms with Crippen LogP contribution in [0.25, 0.3) is 0 Å². The third-order valence-electron chi connectivity index (χ3n) is 4.36. The largest absolute Gasteiger partial charge is 0.490 e. The van der Waals surface area contributed by atoms with Gasteiger partial charge in [0.1, 0.15) is 0 Å². The molecule has 6 heteroatoms. The lowest BCUT2D eigenvalue weighted by Gasteiger charge is -2.26. The first kappa shape index (κ1) is 18.9. The molecule has 3 N–H and O–H groups in total. The van der Waals surface area contributed by atoms with Crippen LogP contribution in [0.1, 0.15) is 39.5 Å². The minimum Gasteiger partial charge on any atom is -0.490 e. The van der Waals surface area contributed by atoms with Crippen LogP contribution in [-0.2, 0) is 4.79 Å². The second kappa shape index (κ2) is 9.18. The number of carbonyl (C=O) groups excluding carboxylic acids is 1. The molecule has 0 fully saturated rings. The summed E-state index contributed by atoms with van der Waals surface area (Å²) in [6, 6.07) is 5.94. The fraction of sp³-hybridized carbons (Fsp3) is 0.611. The maximum absolute atomic E-state index is 12.0. The first-order valence-electron chi connectivity index (χ1n) is 8.64. The van der Waals surface area contributed by atoms with E-state index in [0.717, 1.165) is 41.4 Å². The van der Waals surface area contributed by atoms with E-state index < -0.39 is 0 Å². The van der Waals surface area contributed by atoms with Crippen LogP contribution in [0.3, 0.4) is 0 Å². The zero-order chi connectivity index (χ0) is 17.4. The van der Waals surface area contributed by atoms with Gasteiger partial charge in [0.05, 0.1) is 13.2 Å². The fourth-order valence-corrected chi connectivity index (χ4v) is 3.24. The van der Waals surface area contributed by atoms with E-state index in [-0.39, 0.29) is 11.4 Å². The van der Waals surface area contributed by atoms with Gasteiger partial charge in [-0.3, -0.25) is 4.79 Å². The summed E-state index contributed by atoms with van der Waals surface area (Å²) in [5.41, 5.74) is 5.90. The molecule has 2 rings (SSSR count). The van der Waals surface area contributed by atoms with Crippen molar-refractivity contribution >= 4 is 17.7 Å². The summed E-state index contributed by atoms with van der Waals surface area (Å²) in [7, 11) is 0. The predicted molar refractivity (Wildman–Crippen MR) is 97.9 cm³/mol. The molecule has 0 saturated carbocycles. The van der Waals surface area contributed by atoms with E-state index in [2.05, 4.69) is 19.2 Å². The molecule has 1 heterocycles. The molecule has 0 radical (unpaired) electrons. The third kappa shape index (κ3) is 5.60. The Hall–Kier alpha value is -1.40. The van der Waals surface area contributed by atoms with Crippen molar-refractivity contribution < 1.29 is 14.3 Å². The Kier molecular flexibility index (Phi) is 7.24. The highest BCUT2D eigenvalue weighted by atomic mass is 32.2. The van der Waals surface area contributed by atoms with E-state index in [1.54, 1.807) is 11.8 Å². The maximum atomic E-state index is 12.0. The second-order valence-corrected chi connectivity index (χ2v) is 7.27. The van der Waals surface area contributed by atoms with Gasteiger partial charge < -0.3 is 20.5 Å². The number of amides is 1. The highest BCUT2D eigenvalue weighted by Gasteiger charge is 2.20. The van der Waals surface area contributed by atoms with Crippen LogP contribution in [0.15, 0.2) is 23.1 Å². The van der Waals surface area contributed by atoms with E-state index >= 15 is 0 Å². The molecule has 0 bridgehead atoms. The number of rotatable bonds is 8. The molecule has 0 unspecified atom stereocenters. The van der Waals surface area contributed by atoms with Gasteiger partial charge in [-0.25, -0.2) is 0 Å². The van der Waals surface area contributed by atoms with Crippen molar-refractivity contribution in [1.29, 1.82) is 0 Å². The third-order valence-corrected chi connectivity index (χ3v) is 5.36. The Morgan fingerprint density at radius 3 is 2.67 bits per heavy atom. The number of thioether (sulfide) groups is 1. The van der Waals surface area contributed by atoms with Gasteiger partial charge in [-0.1, -0.05) is 13.8 Å². The van der Waals surface area contributed by atoms with Crippen LogP contribution in [0, 0.1) is 0 Å². The van der Waals surface area contributed by atoms with E-state index in [9.17, 15) is 4.79 Å². The van der Waals surface area contributed by atoms with Gasteiger partial charge in [-0.05, 0) is 31.0 Å². The fourth-order valence-electron chi connectivity index (χ4n) is 2.36. The molecule has 1 amide bonds. The Bertz CT molecular complexity index is 547. The van der Waals surface area contributed by atoms with E-state index in [0.29, 0.717) is 26.2 Å². The number of ether oxygens (including phenoxy) is 2. The Morgan fingerprint density at radius 1 is 1.25 bits per heavy atom. The number of nitrogens with one attached hydrogen (secondary N) is 1. The van der Waals surface area contributed by atoms with E-state index in [1.165, 1.54) is 0 Å². The molecular weight excluding hydrogens is 324 g/mol. The highest BCUT2D eigenvalue weighted by molar-refractivity contribution is 7.99. The number of carbonyl (C=O) groups is 1. The van der Waals surface area contributed by atoms with Crippen molar-refractivity contribution in [2.45, 2.75) is 50.0 Å². The van der Waals surface area contributed by atoms with Gasteiger partial charge in [0.2, 0.25) is 5.91 Å². The number of benzene rings is 1. The molecule has 0 atom stereocenters. The van der Waals surface area contributed by atoms with Crippen molar-refractivity contribution in [1.82, 2.24) is 5.32 Å². The number of hydrogen-bond acceptors (Lipinski definition) is 5. The van der Waals surface area contributed by atoms with Crippen molar-refractivity contribution in [2.75, 3.05) is 25.5 Å². The van der Waals surface area contributed by atoms with Gasteiger partial charge in [0, 0.05) is 35.6 Å². The normalized spacial score (nSPS) is 14.1. The molecule has 24 heavy (non-hydrogen) atoms. The Morgan fingerprint density at radius 2 is 1.96 bits per heavy atom. The minimum atomic E-state index is -0.295. The lowest BCUT2D eigenvalue weighted by molar-refractivity contribution is -0.120. The van der Waals surface area contributed by atoms with E-state index in [4.69, 9.17) is 15.2 Å². The predicted octanol–water partition coefficient (Wildman–Crippen LogP) is 2.96. The average molecular weight is 353 g/mol. The van der Waals surface area contributed by atoms with E-state index in [1.807, 2.05) is 18.2 Å². The smallest absolute Gasteiger partial charge is 0.220 e. The molecule has 134 valence electrons. The van der Waals surface area contributed by atoms with Gasteiger partial charge in [0.25, 0.3) is 0 Å². The molecule has 0 aliphatic carbocycles. The van der Waals surface area contributed by atoms with Crippen LogP contribution in [-0.4, -0.2) is 37.0 Å². The molecule has 1 aliphatic heterocycles. The van der Waals surface area contributed by atoms with Crippen LogP contribution in [0.2, 0.25) is 0 Å². The van der Waals surface area contributed by atoms with Gasteiger partial charge in [-0.15, -0.1) is 11.8 Å². The molecular formula is C18H28N2O3S. The zero-order valence-corrected chi connectivity index (χ0v) is 15.4. The second-order valence-electron chi connectivity index (χ2n) is 6.10. The van der Waals surface area contributed by atoms with Crippen molar-refractivity contribution in [3.8, 4) is 11.5 Å². The summed E-state index contributed by atoms with van der Waals surface area (Å²) in [5.74, 6) is 2.36. The summed E-state index contributed by atoms with van der Waals surface area (Å²) in [4.78, 5) is 13.1. The summed E-state index contributed by atoms with van der Waals surface area (Å²) >= 11 is 1.65. The lowest BCUT2D eigenvalue weighted by atomic mass is 9.94. The van der Waals surface area contributed by atoms with Crippen molar-refractivity contribution in [3.63, 3.8) is 0 Å². The molecule has 0 aromatic heterocycles. The molecule has 5 nitrogen and oxygen atoms in total. The van der Waals surface area contributed by atoms with Crippen LogP contribution in [0.5, 0.6) is 11.5 Å². The van der Waals surface area contributed by atoms with Crippen LogP contribution in [0.4, 0.5) is 0 Å². The number of hydrogen-bond donors (Lipinski definition) is 2. The van der Waals surface area contributed by atoms with Gasteiger partial charge >= 0.3 is 0 Å². The minimum absolute atomic E-state index is 0.0496. The summed E-state index contributed by atoms with van der Waals surface area (Å²) in [5, 5.41) is 2.95. The van der Waals surface area contributed by atoms with Crippen molar-refractivity contribution in [3.05, 3.63) is 18.2 Å². The highest BCUT2D eigenvalue weighted by Crippen LogP contribution is 2.33. The standard InChI is InChI=1S/C18H28N2O3S/c1-3-18(19,4-2)13-20-17(21)8-11-24-14-6-7-15-16(12-14)23-10-5-9-22-15/h6-7,12H,3-5,8-11,13,19H2,1-2H3,(H,20,21). The van der Waals surface area contributed by atoms with Crippen LogP contribution < -0.4 is 20.5 Å². The number of fused-ring (bicyclic) bond motifs is 1. The quantitative estimate of drug-likeness (QED) is 0.704. The topological polar surface area (TPSA) is 73.6 Å². The summed E-state index contributed by atoms with van der Waals surface area (Å²) in [6.07, 6.45) is 3.09. The van der Waals surface area contributed by atoms with Crippen LogP contribution >= 0.6 is 11.8 Å². The molecule has 1 aromatic rings. The Balaban J connectivity index is 1.76. The SMILES string of the molecule is CCC(N)(CC)CNC(=O)CCSc1ccc2c(c1)OCCCO2. The molecule has 0 spiro atoms. The van der Waals surface area contributed by atoms with Crippen molar-refractivity contribution in [2.24, 2.45) is 5.73 Å². The molecule has 1 aromatic carbocycles. The number of nitrogens with two attached hydrogens (primary N) is 1. The maximum Gasteiger partial charge on any atom is 0.220 e. The monoisotopic (exact) mass is 352 g/mol. The summed E-state index contributed by atoms with van der Waals surface area (Å²) < 4.78 is 11.3. The molecule has 0 saturated heterocycles. The zero-order valence-electron chi connectivity index (χ0n) is 14.6. The first-order chi connectivity index (χ1) is 11.6. The summed E-state index contributed by atoms with van der Waals surface area (Å²) in [6.45, 7) is 6.01. The molecule has 1 aliphatic rings. The lowest BCUT2D eigenvalue weighted by Crippen LogP contribution is -2.49. The van der Waals surface area contributed by atoms with Gasteiger partial charge in [-0.2, -0.15) is 0 Å². The Labute approximate surface area is 148 Å². The first-order valence-corrected chi connectivity index (χ1v) is 9.63. The average Bonchev–Trinajstić information content (AvgIpc) is 2.84.